The second kappa shape index (κ2) is 10.5. The van der Waals surface area contributed by atoms with Crippen LogP contribution in [0.15, 0.2) is 48.5 Å². The fourth-order valence-corrected chi connectivity index (χ4v) is 2.84. The monoisotopic (exact) mass is 399 g/mol. The fourth-order valence-electron chi connectivity index (χ4n) is 2.84. The molecule has 156 valence electrons. The number of hydrogen-bond acceptors (Lipinski definition) is 5. The van der Waals surface area contributed by atoms with Crippen molar-refractivity contribution in [2.24, 2.45) is 11.7 Å². The molecule has 0 fully saturated rings. The summed E-state index contributed by atoms with van der Waals surface area (Å²) in [6.07, 6.45) is 0. The molecule has 0 aliphatic carbocycles. The molecule has 7 nitrogen and oxygen atoms in total. The Kier molecular flexibility index (Phi) is 8.03. The number of nitrogens with two attached hydrogens (primary N) is 1. The minimum atomic E-state index is -0.706. The SMILES string of the molecule is COc1cc(OC)cc(C(=O)NC(C(=O)NCC(N)c2ccccc2)C(C)C)c1. The quantitative estimate of drug-likeness (QED) is 0.600. The van der Waals surface area contributed by atoms with E-state index in [2.05, 4.69) is 10.6 Å². The van der Waals surface area contributed by atoms with E-state index in [1.807, 2.05) is 44.2 Å². The van der Waals surface area contributed by atoms with E-state index in [0.717, 1.165) is 5.56 Å². The van der Waals surface area contributed by atoms with E-state index in [4.69, 9.17) is 15.2 Å². The second-order valence-electron chi connectivity index (χ2n) is 7.06. The lowest BCUT2D eigenvalue weighted by atomic mass is 10.0. The van der Waals surface area contributed by atoms with Gasteiger partial charge in [-0.25, -0.2) is 0 Å². The van der Waals surface area contributed by atoms with Gasteiger partial charge in [0, 0.05) is 24.2 Å². The molecule has 7 heteroatoms. The van der Waals surface area contributed by atoms with E-state index in [1.54, 1.807) is 18.2 Å². The van der Waals surface area contributed by atoms with Crippen LogP contribution in [0.1, 0.15) is 35.8 Å². The van der Waals surface area contributed by atoms with Crippen molar-refractivity contribution in [3.8, 4) is 11.5 Å². The zero-order valence-corrected chi connectivity index (χ0v) is 17.3. The van der Waals surface area contributed by atoms with Crippen LogP contribution in [0.4, 0.5) is 0 Å². The maximum Gasteiger partial charge on any atom is 0.252 e. The van der Waals surface area contributed by atoms with Gasteiger partial charge in [0.2, 0.25) is 5.91 Å². The van der Waals surface area contributed by atoms with Crippen LogP contribution in [0.3, 0.4) is 0 Å². The second-order valence-corrected chi connectivity index (χ2v) is 7.06. The highest BCUT2D eigenvalue weighted by atomic mass is 16.5. The van der Waals surface area contributed by atoms with Crippen molar-refractivity contribution in [2.75, 3.05) is 20.8 Å². The molecular weight excluding hydrogens is 370 g/mol. The molecule has 0 heterocycles. The Labute approximate surface area is 171 Å². The Bertz CT molecular complexity index is 802. The van der Waals surface area contributed by atoms with Gasteiger partial charge >= 0.3 is 0 Å². The molecule has 0 saturated heterocycles. The number of ether oxygens (including phenoxy) is 2. The third kappa shape index (κ3) is 6.22. The number of methoxy groups -OCH3 is 2. The maximum absolute atomic E-state index is 12.7. The number of hydrogen-bond donors (Lipinski definition) is 3. The van der Waals surface area contributed by atoms with Crippen molar-refractivity contribution in [1.29, 1.82) is 0 Å². The molecular formula is C22H29N3O4. The topological polar surface area (TPSA) is 103 Å². The van der Waals surface area contributed by atoms with Crippen molar-refractivity contribution in [3.05, 3.63) is 59.7 Å². The molecule has 29 heavy (non-hydrogen) atoms. The van der Waals surface area contributed by atoms with Gasteiger partial charge in [0.05, 0.1) is 14.2 Å². The van der Waals surface area contributed by atoms with Crippen molar-refractivity contribution >= 4 is 11.8 Å². The van der Waals surface area contributed by atoms with Gasteiger partial charge in [-0.15, -0.1) is 0 Å². The lowest BCUT2D eigenvalue weighted by molar-refractivity contribution is -0.124. The van der Waals surface area contributed by atoms with Crippen LogP contribution >= 0.6 is 0 Å². The standard InChI is InChI=1S/C22H29N3O4/c1-14(2)20(22(27)24-13-19(23)15-8-6-5-7-9-15)25-21(26)16-10-17(28-3)12-18(11-16)29-4/h5-12,14,19-20H,13,23H2,1-4H3,(H,24,27)(H,25,26). The first kappa shape index (κ1) is 22.2. The van der Waals surface area contributed by atoms with Crippen LogP contribution in [0.2, 0.25) is 0 Å². The van der Waals surface area contributed by atoms with E-state index < -0.39 is 6.04 Å². The van der Waals surface area contributed by atoms with Gasteiger partial charge in [-0.3, -0.25) is 9.59 Å². The minimum Gasteiger partial charge on any atom is -0.497 e. The number of carbonyl (C=O) groups excluding carboxylic acids is 2. The molecule has 0 spiro atoms. The first-order valence-electron chi connectivity index (χ1n) is 9.47. The zero-order valence-electron chi connectivity index (χ0n) is 17.3. The molecule has 2 rings (SSSR count). The van der Waals surface area contributed by atoms with Crippen molar-refractivity contribution < 1.29 is 19.1 Å². The van der Waals surface area contributed by atoms with E-state index in [1.165, 1.54) is 14.2 Å². The van der Waals surface area contributed by atoms with E-state index >= 15 is 0 Å². The summed E-state index contributed by atoms with van der Waals surface area (Å²) in [6.45, 7) is 4.01. The van der Waals surface area contributed by atoms with Gasteiger partial charge < -0.3 is 25.8 Å². The highest BCUT2D eigenvalue weighted by molar-refractivity contribution is 5.98. The molecule has 0 radical (unpaired) electrons. The molecule has 2 atom stereocenters. The molecule has 2 aromatic carbocycles. The van der Waals surface area contributed by atoms with E-state index in [-0.39, 0.29) is 30.3 Å². The molecule has 2 unspecified atom stereocenters. The van der Waals surface area contributed by atoms with E-state index in [9.17, 15) is 9.59 Å². The number of rotatable bonds is 9. The average Bonchev–Trinajstić information content (AvgIpc) is 2.75. The highest BCUT2D eigenvalue weighted by Crippen LogP contribution is 2.22. The van der Waals surface area contributed by atoms with Crippen LogP contribution in [0.5, 0.6) is 11.5 Å². The summed E-state index contributed by atoms with van der Waals surface area (Å²) in [5.74, 6) is 0.208. The van der Waals surface area contributed by atoms with Gasteiger partial charge in [0.1, 0.15) is 17.5 Å². The number of carbonyl (C=O) groups is 2. The molecule has 2 aromatic rings. The zero-order chi connectivity index (χ0) is 21.4. The van der Waals surface area contributed by atoms with Crippen LogP contribution < -0.4 is 25.8 Å². The normalized spacial score (nSPS) is 12.8. The molecule has 0 aliphatic rings. The van der Waals surface area contributed by atoms with Gasteiger partial charge in [0.25, 0.3) is 5.91 Å². The smallest absolute Gasteiger partial charge is 0.252 e. The van der Waals surface area contributed by atoms with Gasteiger partial charge in [-0.05, 0) is 23.6 Å². The van der Waals surface area contributed by atoms with Crippen LogP contribution in [0.25, 0.3) is 0 Å². The lowest BCUT2D eigenvalue weighted by Crippen LogP contribution is -2.50. The van der Waals surface area contributed by atoms with Crippen molar-refractivity contribution in [1.82, 2.24) is 10.6 Å². The van der Waals surface area contributed by atoms with Crippen molar-refractivity contribution in [3.63, 3.8) is 0 Å². The highest BCUT2D eigenvalue weighted by Gasteiger charge is 2.25. The third-order valence-corrected chi connectivity index (χ3v) is 4.57. The summed E-state index contributed by atoms with van der Waals surface area (Å²) in [5.41, 5.74) is 7.43. The average molecular weight is 399 g/mol. The molecule has 4 N–H and O–H groups in total. The number of benzene rings is 2. The van der Waals surface area contributed by atoms with E-state index in [0.29, 0.717) is 17.1 Å². The molecule has 0 saturated carbocycles. The number of nitrogens with one attached hydrogen (secondary N) is 2. The van der Waals surface area contributed by atoms with Gasteiger partial charge in [-0.2, -0.15) is 0 Å². The number of amides is 2. The minimum absolute atomic E-state index is 0.112. The summed E-state index contributed by atoms with van der Waals surface area (Å²) in [5, 5.41) is 5.63. The van der Waals surface area contributed by atoms with Gasteiger partial charge in [0.15, 0.2) is 0 Å². The molecule has 0 aromatic heterocycles. The van der Waals surface area contributed by atoms with Crippen LogP contribution in [-0.2, 0) is 4.79 Å². The summed E-state index contributed by atoms with van der Waals surface area (Å²) >= 11 is 0. The summed E-state index contributed by atoms with van der Waals surface area (Å²) in [6, 6.07) is 13.4. The maximum atomic E-state index is 12.7. The first-order valence-corrected chi connectivity index (χ1v) is 9.47. The lowest BCUT2D eigenvalue weighted by Gasteiger charge is -2.23. The summed E-state index contributed by atoms with van der Waals surface area (Å²) < 4.78 is 10.4. The largest absolute Gasteiger partial charge is 0.497 e. The molecule has 0 aliphatic heterocycles. The van der Waals surface area contributed by atoms with Crippen molar-refractivity contribution in [2.45, 2.75) is 25.9 Å². The molecule has 0 bridgehead atoms. The molecule has 2 amide bonds. The summed E-state index contributed by atoms with van der Waals surface area (Å²) in [7, 11) is 3.02. The Morgan fingerprint density at radius 2 is 1.59 bits per heavy atom. The van der Waals surface area contributed by atoms with Crippen LogP contribution in [0, 0.1) is 5.92 Å². The van der Waals surface area contributed by atoms with Gasteiger partial charge in [-0.1, -0.05) is 44.2 Å². The Balaban J connectivity index is 2.05. The summed E-state index contributed by atoms with van der Waals surface area (Å²) in [4.78, 5) is 25.4. The Hall–Kier alpha value is -3.06. The third-order valence-electron chi connectivity index (χ3n) is 4.57. The predicted octanol–water partition coefficient (Wildman–Crippen LogP) is 2.27. The fraction of sp³-hybridized carbons (Fsp3) is 0.364. The van der Waals surface area contributed by atoms with Crippen LogP contribution in [-0.4, -0.2) is 38.6 Å². The Morgan fingerprint density at radius 3 is 2.10 bits per heavy atom. The predicted molar refractivity (Wildman–Crippen MR) is 112 cm³/mol. The first-order chi connectivity index (χ1) is 13.8. The Morgan fingerprint density at radius 1 is 1.00 bits per heavy atom.